The molecule has 42 heavy (non-hydrogen) atoms. The fourth-order valence-electron chi connectivity index (χ4n) is 4.58. The van der Waals surface area contributed by atoms with Crippen molar-refractivity contribution in [2.75, 3.05) is 17.2 Å². The molecule has 0 aliphatic carbocycles. The van der Waals surface area contributed by atoms with Crippen LogP contribution in [0.1, 0.15) is 34.7 Å². The lowest BCUT2D eigenvalue weighted by molar-refractivity contribution is -0.274. The van der Waals surface area contributed by atoms with Crippen molar-refractivity contribution in [1.29, 1.82) is 0 Å². The van der Waals surface area contributed by atoms with Crippen molar-refractivity contribution in [2.24, 2.45) is 4.99 Å². The van der Waals surface area contributed by atoms with Gasteiger partial charge in [0.05, 0.1) is 11.4 Å². The molecule has 0 atom stereocenters. The summed E-state index contributed by atoms with van der Waals surface area (Å²) in [5.41, 5.74) is 5.10. The third-order valence-electron chi connectivity index (χ3n) is 6.56. The van der Waals surface area contributed by atoms with Gasteiger partial charge in [-0.3, -0.25) is 14.5 Å². The number of anilines is 1. The summed E-state index contributed by atoms with van der Waals surface area (Å²) < 4.78 is 40.7. The van der Waals surface area contributed by atoms with Crippen LogP contribution in [-0.4, -0.2) is 41.5 Å². The van der Waals surface area contributed by atoms with E-state index in [1.165, 1.54) is 40.9 Å². The molecule has 1 aliphatic rings. The summed E-state index contributed by atoms with van der Waals surface area (Å²) in [5.74, 6) is -0.294. The quantitative estimate of drug-likeness (QED) is 0.301. The topological polar surface area (TPSA) is 88.1 Å². The number of ether oxygens (including phenoxy) is 1. The first-order chi connectivity index (χ1) is 20.0. The van der Waals surface area contributed by atoms with Gasteiger partial charge in [-0.25, -0.2) is 4.79 Å². The van der Waals surface area contributed by atoms with Crippen LogP contribution in [0.3, 0.4) is 0 Å². The molecule has 1 aliphatic heterocycles. The fourth-order valence-corrected chi connectivity index (χ4v) is 5.43. The number of rotatable bonds is 10. The van der Waals surface area contributed by atoms with Crippen LogP contribution in [0.2, 0.25) is 0 Å². The first kappa shape index (κ1) is 30.8. The molecule has 1 saturated heterocycles. The highest BCUT2D eigenvalue weighted by Gasteiger charge is 2.33. The summed E-state index contributed by atoms with van der Waals surface area (Å²) in [5, 5.41) is 3.14. The standard InChI is InChI=1S/C31H30F3N3O4S/c1-3-24-6-4-5-20(2)28(24)37-27(39)19-42-30(37)36-29(40)35-16-15-21-7-9-22(10-8-21)17-25(38)18-23-11-13-26(14-12-23)41-31(32,33)34/h4-14H,3,15-19H2,1-2H3,(H,35,40). The summed E-state index contributed by atoms with van der Waals surface area (Å²) in [6.07, 6.45) is -3.20. The fraction of sp³-hybridized carbons (Fsp3) is 0.290. The molecule has 1 fully saturated rings. The monoisotopic (exact) mass is 597 g/mol. The molecule has 11 heteroatoms. The Bertz CT molecular complexity index is 1470. The van der Waals surface area contributed by atoms with Crippen LogP contribution in [0.4, 0.5) is 23.7 Å². The van der Waals surface area contributed by atoms with Crippen LogP contribution in [-0.2, 0) is 35.3 Å². The van der Waals surface area contributed by atoms with Crippen molar-refractivity contribution < 1.29 is 32.3 Å². The van der Waals surface area contributed by atoms with Crippen molar-refractivity contribution in [3.63, 3.8) is 0 Å². The van der Waals surface area contributed by atoms with Crippen LogP contribution in [0.15, 0.2) is 71.7 Å². The Balaban J connectivity index is 1.26. The van der Waals surface area contributed by atoms with Gasteiger partial charge in [0.25, 0.3) is 0 Å². The molecule has 0 aromatic heterocycles. The van der Waals surface area contributed by atoms with Gasteiger partial charge in [-0.05, 0) is 59.7 Å². The highest BCUT2D eigenvalue weighted by molar-refractivity contribution is 8.15. The van der Waals surface area contributed by atoms with Gasteiger partial charge in [0.1, 0.15) is 11.5 Å². The van der Waals surface area contributed by atoms with E-state index in [9.17, 15) is 27.6 Å². The minimum Gasteiger partial charge on any atom is -0.406 e. The van der Waals surface area contributed by atoms with Gasteiger partial charge in [0.2, 0.25) is 5.91 Å². The molecule has 0 saturated carbocycles. The SMILES string of the molecule is CCc1cccc(C)c1N1C(=O)CSC1=NC(=O)NCCc1ccc(CC(=O)Cc2ccc(OC(F)(F)F)cc2)cc1. The molecule has 7 nitrogen and oxygen atoms in total. The number of hydrogen-bond acceptors (Lipinski definition) is 5. The number of hydrogen-bond donors (Lipinski definition) is 1. The lowest BCUT2D eigenvalue weighted by Crippen LogP contribution is -2.33. The van der Waals surface area contributed by atoms with E-state index in [4.69, 9.17) is 0 Å². The van der Waals surface area contributed by atoms with Crippen molar-refractivity contribution in [3.8, 4) is 5.75 Å². The Morgan fingerprint density at radius 3 is 2.21 bits per heavy atom. The number of aryl methyl sites for hydroxylation is 2. The van der Waals surface area contributed by atoms with Crippen molar-refractivity contribution in [3.05, 3.63) is 94.5 Å². The molecule has 1 heterocycles. The van der Waals surface area contributed by atoms with Crippen LogP contribution < -0.4 is 15.0 Å². The molecule has 4 rings (SSSR count). The number of ketones is 1. The maximum atomic E-state index is 12.7. The largest absolute Gasteiger partial charge is 0.573 e. The van der Waals surface area contributed by atoms with E-state index >= 15 is 0 Å². The molecule has 3 aromatic carbocycles. The molecule has 0 radical (unpaired) electrons. The minimum absolute atomic E-state index is 0.0762. The van der Waals surface area contributed by atoms with Gasteiger partial charge >= 0.3 is 12.4 Å². The summed E-state index contributed by atoms with van der Waals surface area (Å²) in [6.45, 7) is 4.29. The summed E-state index contributed by atoms with van der Waals surface area (Å²) >= 11 is 1.24. The Labute approximate surface area is 246 Å². The van der Waals surface area contributed by atoms with Crippen molar-refractivity contribution in [1.82, 2.24) is 5.32 Å². The molecule has 0 spiro atoms. The van der Waals surface area contributed by atoms with Gasteiger partial charge in [-0.2, -0.15) is 4.99 Å². The van der Waals surface area contributed by atoms with Gasteiger partial charge in [-0.15, -0.1) is 13.2 Å². The van der Waals surface area contributed by atoms with E-state index in [2.05, 4.69) is 15.0 Å². The third-order valence-corrected chi connectivity index (χ3v) is 7.48. The van der Waals surface area contributed by atoms with Crippen molar-refractivity contribution in [2.45, 2.75) is 45.9 Å². The average molecular weight is 598 g/mol. The molecule has 1 N–H and O–H groups in total. The number of nitrogens with zero attached hydrogens (tertiary/aromatic N) is 2. The zero-order chi connectivity index (χ0) is 30.3. The van der Waals surface area contributed by atoms with Gasteiger partial charge in [-0.1, -0.05) is 73.3 Å². The second-order valence-electron chi connectivity index (χ2n) is 9.73. The normalized spacial score (nSPS) is 14.4. The first-order valence-electron chi connectivity index (χ1n) is 13.4. The maximum absolute atomic E-state index is 12.7. The summed E-state index contributed by atoms with van der Waals surface area (Å²) in [7, 11) is 0. The number of urea groups is 1. The van der Waals surface area contributed by atoms with Crippen LogP contribution in [0, 0.1) is 6.92 Å². The third kappa shape index (κ3) is 8.45. The lowest BCUT2D eigenvalue weighted by Gasteiger charge is -2.21. The van der Waals surface area contributed by atoms with Gasteiger partial charge in [0.15, 0.2) is 5.17 Å². The number of halogens is 3. The Hall–Kier alpha value is -4.12. The molecule has 3 amide bonds. The second-order valence-corrected chi connectivity index (χ2v) is 10.7. The number of aliphatic imine (C=N–C) groups is 1. The number of carbonyl (C=O) groups is 3. The number of alkyl halides is 3. The number of amides is 3. The van der Waals surface area contributed by atoms with Gasteiger partial charge < -0.3 is 10.1 Å². The van der Waals surface area contributed by atoms with E-state index in [0.717, 1.165) is 34.4 Å². The van der Waals surface area contributed by atoms with E-state index in [1.54, 1.807) is 0 Å². The van der Waals surface area contributed by atoms with Crippen molar-refractivity contribution >= 4 is 40.3 Å². The highest BCUT2D eigenvalue weighted by atomic mass is 32.2. The molecule has 3 aromatic rings. The lowest BCUT2D eigenvalue weighted by atomic mass is 10.0. The number of carbonyl (C=O) groups excluding carboxylic acids is 3. The maximum Gasteiger partial charge on any atom is 0.573 e. The average Bonchev–Trinajstić information content (AvgIpc) is 3.28. The molecule has 0 bridgehead atoms. The molecule has 0 unspecified atom stereocenters. The van der Waals surface area contributed by atoms with E-state index < -0.39 is 12.4 Å². The zero-order valence-electron chi connectivity index (χ0n) is 23.2. The van der Waals surface area contributed by atoms with E-state index in [1.807, 2.05) is 56.3 Å². The predicted molar refractivity (Wildman–Crippen MR) is 157 cm³/mol. The number of amidine groups is 1. The smallest absolute Gasteiger partial charge is 0.406 e. The predicted octanol–water partition coefficient (Wildman–Crippen LogP) is 6.20. The second kappa shape index (κ2) is 13.7. The highest BCUT2D eigenvalue weighted by Crippen LogP contribution is 2.33. The van der Waals surface area contributed by atoms with Crippen LogP contribution in [0.25, 0.3) is 0 Å². The summed E-state index contributed by atoms with van der Waals surface area (Å²) in [4.78, 5) is 43.4. The first-order valence-corrected chi connectivity index (χ1v) is 14.4. The number of nitrogens with one attached hydrogen (secondary N) is 1. The summed E-state index contributed by atoms with van der Waals surface area (Å²) in [6, 6.07) is 18.0. The Morgan fingerprint density at radius 2 is 1.60 bits per heavy atom. The van der Waals surface area contributed by atoms with Gasteiger partial charge in [0, 0.05) is 19.4 Å². The molecule has 220 valence electrons. The van der Waals surface area contributed by atoms with Crippen LogP contribution in [0.5, 0.6) is 5.75 Å². The number of Topliss-reactive ketones (excluding diaryl/α,β-unsaturated/α-hetero) is 1. The van der Waals surface area contributed by atoms with E-state index in [-0.39, 0.29) is 36.0 Å². The number of para-hydroxylation sites is 1. The zero-order valence-corrected chi connectivity index (χ0v) is 24.0. The molecular formula is C31H30F3N3O4S. The minimum atomic E-state index is -4.76. The Kier molecular flexibility index (Phi) is 10.1. The van der Waals surface area contributed by atoms with E-state index in [0.29, 0.717) is 23.7 Å². The number of thioether (sulfide) groups is 1. The van der Waals surface area contributed by atoms with Crippen LogP contribution >= 0.6 is 11.8 Å². The molecular weight excluding hydrogens is 567 g/mol. The Morgan fingerprint density at radius 1 is 0.976 bits per heavy atom. The number of benzene rings is 3.